The van der Waals surface area contributed by atoms with E-state index in [1.165, 1.54) is 49.8 Å². The lowest BCUT2D eigenvalue weighted by atomic mass is 9.65. The fourth-order valence-corrected chi connectivity index (χ4v) is 3.24. The SMILES string of the molecule is Cc1ccc(CC2(CNC3CC3)CCC2)c(Cl)c1. The molecular formula is C16H22ClN. The van der Waals surface area contributed by atoms with Crippen molar-refractivity contribution in [2.24, 2.45) is 5.41 Å². The fourth-order valence-electron chi connectivity index (χ4n) is 2.94. The van der Waals surface area contributed by atoms with Crippen LogP contribution < -0.4 is 5.32 Å². The number of benzene rings is 1. The topological polar surface area (TPSA) is 12.0 Å². The highest BCUT2D eigenvalue weighted by molar-refractivity contribution is 6.31. The maximum Gasteiger partial charge on any atom is 0.0440 e. The van der Waals surface area contributed by atoms with Crippen molar-refractivity contribution in [3.8, 4) is 0 Å². The van der Waals surface area contributed by atoms with E-state index in [1.807, 2.05) is 0 Å². The summed E-state index contributed by atoms with van der Waals surface area (Å²) in [4.78, 5) is 0. The highest BCUT2D eigenvalue weighted by Crippen LogP contribution is 2.44. The number of halogens is 1. The third-order valence-corrected chi connectivity index (χ3v) is 4.88. The highest BCUT2D eigenvalue weighted by Gasteiger charge is 2.38. The van der Waals surface area contributed by atoms with E-state index in [0.717, 1.165) is 17.5 Å². The molecule has 0 radical (unpaired) electrons. The Morgan fingerprint density at radius 1 is 1.33 bits per heavy atom. The van der Waals surface area contributed by atoms with E-state index in [2.05, 4.69) is 30.4 Å². The highest BCUT2D eigenvalue weighted by atomic mass is 35.5. The number of hydrogen-bond donors (Lipinski definition) is 1. The molecule has 1 N–H and O–H groups in total. The molecule has 1 aromatic carbocycles. The van der Waals surface area contributed by atoms with Gasteiger partial charge in [-0.2, -0.15) is 0 Å². The lowest BCUT2D eigenvalue weighted by Gasteiger charge is -2.42. The summed E-state index contributed by atoms with van der Waals surface area (Å²) in [5.41, 5.74) is 3.07. The van der Waals surface area contributed by atoms with E-state index in [1.54, 1.807) is 0 Å². The Hall–Kier alpha value is -0.530. The van der Waals surface area contributed by atoms with Gasteiger partial charge in [0.1, 0.15) is 0 Å². The molecule has 18 heavy (non-hydrogen) atoms. The van der Waals surface area contributed by atoms with Gasteiger partial charge in [0, 0.05) is 17.6 Å². The number of rotatable bonds is 5. The molecule has 0 bridgehead atoms. The molecule has 0 heterocycles. The van der Waals surface area contributed by atoms with Crippen LogP contribution in [0.5, 0.6) is 0 Å². The summed E-state index contributed by atoms with van der Waals surface area (Å²) in [6, 6.07) is 7.31. The number of nitrogens with one attached hydrogen (secondary N) is 1. The Morgan fingerprint density at radius 3 is 2.67 bits per heavy atom. The van der Waals surface area contributed by atoms with Crippen molar-refractivity contribution in [2.75, 3.05) is 6.54 Å². The Balaban J connectivity index is 1.68. The van der Waals surface area contributed by atoms with Crippen LogP contribution in [-0.4, -0.2) is 12.6 Å². The molecule has 0 amide bonds. The average molecular weight is 264 g/mol. The van der Waals surface area contributed by atoms with Gasteiger partial charge in [-0.3, -0.25) is 0 Å². The molecule has 0 spiro atoms. The van der Waals surface area contributed by atoms with Crippen molar-refractivity contribution in [2.45, 2.75) is 51.5 Å². The minimum Gasteiger partial charge on any atom is -0.313 e. The molecule has 0 aromatic heterocycles. The van der Waals surface area contributed by atoms with Crippen molar-refractivity contribution in [1.82, 2.24) is 5.32 Å². The first-order valence-electron chi connectivity index (χ1n) is 7.15. The Bertz CT molecular complexity index is 433. The van der Waals surface area contributed by atoms with Gasteiger partial charge in [-0.1, -0.05) is 30.2 Å². The van der Waals surface area contributed by atoms with Gasteiger partial charge in [-0.15, -0.1) is 0 Å². The summed E-state index contributed by atoms with van der Waals surface area (Å²) in [7, 11) is 0. The molecule has 98 valence electrons. The molecule has 0 saturated heterocycles. The first-order valence-corrected chi connectivity index (χ1v) is 7.53. The number of hydrogen-bond acceptors (Lipinski definition) is 1. The van der Waals surface area contributed by atoms with Gasteiger partial charge in [-0.25, -0.2) is 0 Å². The first-order chi connectivity index (χ1) is 8.67. The molecule has 2 aliphatic carbocycles. The molecule has 0 atom stereocenters. The second kappa shape index (κ2) is 4.86. The van der Waals surface area contributed by atoms with Crippen molar-refractivity contribution in [3.63, 3.8) is 0 Å². The standard InChI is InChI=1S/C16H22ClN/c1-12-3-4-13(15(17)9-12)10-16(7-2-8-16)11-18-14-5-6-14/h3-4,9,14,18H,2,5-8,10-11H2,1H3. The Morgan fingerprint density at radius 2 is 2.11 bits per heavy atom. The van der Waals surface area contributed by atoms with E-state index in [0.29, 0.717) is 5.41 Å². The van der Waals surface area contributed by atoms with Gasteiger partial charge in [0.25, 0.3) is 0 Å². The van der Waals surface area contributed by atoms with Crippen LogP contribution in [0.2, 0.25) is 5.02 Å². The minimum atomic E-state index is 0.488. The van der Waals surface area contributed by atoms with E-state index < -0.39 is 0 Å². The summed E-state index contributed by atoms with van der Waals surface area (Å²) >= 11 is 6.37. The van der Waals surface area contributed by atoms with Gasteiger partial charge >= 0.3 is 0 Å². The summed E-state index contributed by atoms with van der Waals surface area (Å²) in [5, 5.41) is 4.66. The van der Waals surface area contributed by atoms with Crippen LogP contribution in [0.4, 0.5) is 0 Å². The molecule has 2 aliphatic rings. The zero-order chi connectivity index (χ0) is 12.6. The van der Waals surface area contributed by atoms with E-state index >= 15 is 0 Å². The van der Waals surface area contributed by atoms with Crippen LogP contribution >= 0.6 is 11.6 Å². The molecular weight excluding hydrogens is 242 g/mol. The lowest BCUT2D eigenvalue weighted by molar-refractivity contribution is 0.129. The van der Waals surface area contributed by atoms with Crippen molar-refractivity contribution >= 4 is 11.6 Å². The third-order valence-electron chi connectivity index (χ3n) is 4.53. The van der Waals surface area contributed by atoms with Crippen LogP contribution in [0.1, 0.15) is 43.2 Å². The molecule has 0 unspecified atom stereocenters. The third kappa shape index (κ3) is 2.73. The maximum absolute atomic E-state index is 6.37. The second-order valence-electron chi connectivity index (χ2n) is 6.28. The van der Waals surface area contributed by atoms with Crippen LogP contribution in [-0.2, 0) is 6.42 Å². The molecule has 2 fully saturated rings. The zero-order valence-electron chi connectivity index (χ0n) is 11.1. The minimum absolute atomic E-state index is 0.488. The van der Waals surface area contributed by atoms with E-state index in [9.17, 15) is 0 Å². The van der Waals surface area contributed by atoms with Crippen molar-refractivity contribution in [3.05, 3.63) is 34.3 Å². The van der Waals surface area contributed by atoms with Crippen LogP contribution in [0.15, 0.2) is 18.2 Å². The van der Waals surface area contributed by atoms with Crippen LogP contribution in [0.3, 0.4) is 0 Å². The summed E-state index contributed by atoms with van der Waals surface area (Å²) in [6.07, 6.45) is 8.00. The summed E-state index contributed by atoms with van der Waals surface area (Å²) in [6.45, 7) is 3.28. The smallest absolute Gasteiger partial charge is 0.0440 e. The van der Waals surface area contributed by atoms with Gasteiger partial charge in [0.05, 0.1) is 0 Å². The molecule has 1 aromatic rings. The van der Waals surface area contributed by atoms with E-state index in [-0.39, 0.29) is 0 Å². The van der Waals surface area contributed by atoms with Gasteiger partial charge in [-0.05, 0) is 61.6 Å². The van der Waals surface area contributed by atoms with Crippen molar-refractivity contribution in [1.29, 1.82) is 0 Å². The maximum atomic E-state index is 6.37. The van der Waals surface area contributed by atoms with Crippen molar-refractivity contribution < 1.29 is 0 Å². The largest absolute Gasteiger partial charge is 0.313 e. The quantitative estimate of drug-likeness (QED) is 0.843. The molecule has 2 saturated carbocycles. The predicted octanol–water partition coefficient (Wildman–Crippen LogP) is 4.11. The Kier molecular flexibility index (Phi) is 3.38. The first kappa shape index (κ1) is 12.5. The summed E-state index contributed by atoms with van der Waals surface area (Å²) in [5.74, 6) is 0. The van der Waals surface area contributed by atoms with Gasteiger partial charge in [0.2, 0.25) is 0 Å². The van der Waals surface area contributed by atoms with Gasteiger partial charge in [0.15, 0.2) is 0 Å². The predicted molar refractivity (Wildman–Crippen MR) is 77.2 cm³/mol. The molecule has 2 heteroatoms. The summed E-state index contributed by atoms with van der Waals surface area (Å²) < 4.78 is 0. The lowest BCUT2D eigenvalue weighted by Crippen LogP contribution is -2.42. The van der Waals surface area contributed by atoms with Crippen LogP contribution in [0.25, 0.3) is 0 Å². The van der Waals surface area contributed by atoms with Crippen LogP contribution in [0, 0.1) is 12.3 Å². The van der Waals surface area contributed by atoms with Gasteiger partial charge < -0.3 is 5.32 Å². The van der Waals surface area contributed by atoms with E-state index in [4.69, 9.17) is 11.6 Å². The fraction of sp³-hybridized carbons (Fsp3) is 0.625. The zero-order valence-corrected chi connectivity index (χ0v) is 11.9. The normalized spacial score (nSPS) is 21.7. The monoisotopic (exact) mass is 263 g/mol. The molecule has 0 aliphatic heterocycles. The molecule has 3 rings (SSSR count). The second-order valence-corrected chi connectivity index (χ2v) is 6.69. The Labute approximate surface area is 115 Å². The average Bonchev–Trinajstić information content (AvgIpc) is 3.08. The number of aryl methyl sites for hydroxylation is 1. The molecule has 1 nitrogen and oxygen atoms in total.